The standard InChI is InChI=1S/C10H13NO3/c12-8-4-6(5-9(13)10(8)14)7-2-1-3-11-7/h4-5,7,11-14H,1-3H2/t7-/m0/s1. The Morgan fingerprint density at radius 3 is 2.29 bits per heavy atom. The number of hydrogen-bond donors (Lipinski definition) is 4. The second-order valence-electron chi connectivity index (χ2n) is 3.56. The first-order valence-electron chi connectivity index (χ1n) is 4.66. The number of hydrogen-bond acceptors (Lipinski definition) is 4. The van der Waals surface area contributed by atoms with E-state index in [9.17, 15) is 10.2 Å². The van der Waals surface area contributed by atoms with Gasteiger partial charge in [-0.2, -0.15) is 0 Å². The maximum absolute atomic E-state index is 9.30. The summed E-state index contributed by atoms with van der Waals surface area (Å²) in [5, 5.41) is 31.0. The van der Waals surface area contributed by atoms with E-state index in [1.807, 2.05) is 0 Å². The molecule has 0 aliphatic carbocycles. The molecule has 0 radical (unpaired) electrons. The summed E-state index contributed by atoms with van der Waals surface area (Å²) in [6.07, 6.45) is 2.08. The molecule has 1 aliphatic rings. The van der Waals surface area contributed by atoms with Gasteiger partial charge in [-0.3, -0.25) is 0 Å². The number of aromatic hydroxyl groups is 3. The quantitative estimate of drug-likeness (QED) is 0.508. The molecule has 1 aromatic carbocycles. The Bertz CT molecular complexity index is 322. The third kappa shape index (κ3) is 1.48. The van der Waals surface area contributed by atoms with Gasteiger partial charge < -0.3 is 20.6 Å². The first-order chi connectivity index (χ1) is 6.68. The SMILES string of the molecule is Oc1cc([C@@H]2CCCN2)cc(O)c1O. The minimum Gasteiger partial charge on any atom is -0.504 e. The molecule has 0 unspecified atom stereocenters. The van der Waals surface area contributed by atoms with Gasteiger partial charge in [0, 0.05) is 6.04 Å². The van der Waals surface area contributed by atoms with E-state index in [0.29, 0.717) is 0 Å². The summed E-state index contributed by atoms with van der Waals surface area (Å²) >= 11 is 0. The largest absolute Gasteiger partial charge is 0.504 e. The van der Waals surface area contributed by atoms with E-state index in [1.54, 1.807) is 0 Å². The average Bonchev–Trinajstić information content (AvgIpc) is 2.66. The van der Waals surface area contributed by atoms with Crippen molar-refractivity contribution in [3.8, 4) is 17.2 Å². The lowest BCUT2D eigenvalue weighted by molar-refractivity contribution is 0.366. The van der Waals surface area contributed by atoms with E-state index in [4.69, 9.17) is 5.11 Å². The second kappa shape index (κ2) is 3.38. The zero-order valence-electron chi connectivity index (χ0n) is 7.70. The molecule has 14 heavy (non-hydrogen) atoms. The predicted octanol–water partition coefficient (Wildman–Crippen LogP) is 1.23. The van der Waals surface area contributed by atoms with Crippen LogP contribution in [0, 0.1) is 0 Å². The smallest absolute Gasteiger partial charge is 0.200 e. The fraction of sp³-hybridized carbons (Fsp3) is 0.400. The van der Waals surface area contributed by atoms with Crippen LogP contribution >= 0.6 is 0 Å². The first kappa shape index (κ1) is 9.15. The van der Waals surface area contributed by atoms with E-state index >= 15 is 0 Å². The molecule has 0 aromatic heterocycles. The zero-order valence-corrected chi connectivity index (χ0v) is 7.70. The van der Waals surface area contributed by atoms with Gasteiger partial charge in [-0.15, -0.1) is 0 Å². The number of benzene rings is 1. The molecule has 0 spiro atoms. The maximum Gasteiger partial charge on any atom is 0.200 e. The Hall–Kier alpha value is -1.42. The normalized spacial score (nSPS) is 21.3. The highest BCUT2D eigenvalue weighted by Gasteiger charge is 2.19. The predicted molar refractivity (Wildman–Crippen MR) is 51.4 cm³/mol. The van der Waals surface area contributed by atoms with Gasteiger partial charge in [0.05, 0.1) is 0 Å². The van der Waals surface area contributed by atoms with Crippen LogP contribution in [0.25, 0.3) is 0 Å². The van der Waals surface area contributed by atoms with Gasteiger partial charge >= 0.3 is 0 Å². The monoisotopic (exact) mass is 195 g/mol. The van der Waals surface area contributed by atoms with E-state index in [1.165, 1.54) is 12.1 Å². The van der Waals surface area contributed by atoms with E-state index in [2.05, 4.69) is 5.32 Å². The van der Waals surface area contributed by atoms with Crippen LogP contribution < -0.4 is 5.32 Å². The number of phenols is 3. The fourth-order valence-electron chi connectivity index (χ4n) is 1.80. The molecule has 0 bridgehead atoms. The van der Waals surface area contributed by atoms with Crippen molar-refractivity contribution in [2.75, 3.05) is 6.54 Å². The van der Waals surface area contributed by atoms with Crippen molar-refractivity contribution < 1.29 is 15.3 Å². The molecule has 4 heteroatoms. The Balaban J connectivity index is 2.34. The topological polar surface area (TPSA) is 72.7 Å². The molecule has 1 heterocycles. The molecule has 4 N–H and O–H groups in total. The lowest BCUT2D eigenvalue weighted by atomic mass is 10.0. The van der Waals surface area contributed by atoms with Crippen LogP contribution in [0.15, 0.2) is 12.1 Å². The van der Waals surface area contributed by atoms with Crippen molar-refractivity contribution in [2.45, 2.75) is 18.9 Å². The number of nitrogens with one attached hydrogen (secondary N) is 1. The van der Waals surface area contributed by atoms with Gasteiger partial charge in [0.2, 0.25) is 0 Å². The van der Waals surface area contributed by atoms with Crippen LogP contribution in [0.5, 0.6) is 17.2 Å². The summed E-state index contributed by atoms with van der Waals surface area (Å²) in [7, 11) is 0. The third-order valence-corrected chi connectivity index (χ3v) is 2.55. The molecule has 1 aliphatic heterocycles. The Kier molecular flexibility index (Phi) is 2.21. The first-order valence-corrected chi connectivity index (χ1v) is 4.66. The molecule has 1 atom stereocenters. The van der Waals surface area contributed by atoms with Crippen molar-refractivity contribution in [3.63, 3.8) is 0 Å². The van der Waals surface area contributed by atoms with Gasteiger partial charge in [-0.1, -0.05) is 0 Å². The summed E-state index contributed by atoms with van der Waals surface area (Å²) in [5.74, 6) is -0.992. The van der Waals surface area contributed by atoms with Crippen LogP contribution in [0.1, 0.15) is 24.4 Å². The minimum atomic E-state index is -0.452. The Labute approximate surface area is 81.8 Å². The lowest BCUT2D eigenvalue weighted by Crippen LogP contribution is -2.12. The van der Waals surface area contributed by atoms with Crippen molar-refractivity contribution in [1.82, 2.24) is 5.32 Å². The van der Waals surface area contributed by atoms with Crippen LogP contribution in [-0.4, -0.2) is 21.9 Å². The lowest BCUT2D eigenvalue weighted by Gasteiger charge is -2.12. The van der Waals surface area contributed by atoms with Gasteiger partial charge in [0.15, 0.2) is 17.2 Å². The third-order valence-electron chi connectivity index (χ3n) is 2.55. The molecule has 1 fully saturated rings. The molecule has 1 saturated heterocycles. The Morgan fingerprint density at radius 2 is 1.79 bits per heavy atom. The molecular formula is C10H13NO3. The highest BCUT2D eigenvalue weighted by Crippen LogP contribution is 2.38. The number of rotatable bonds is 1. The molecule has 0 saturated carbocycles. The van der Waals surface area contributed by atoms with Crippen LogP contribution in [-0.2, 0) is 0 Å². The van der Waals surface area contributed by atoms with Gasteiger partial charge in [0.25, 0.3) is 0 Å². The maximum atomic E-state index is 9.30. The van der Waals surface area contributed by atoms with Gasteiger partial charge in [0.1, 0.15) is 0 Å². The fourth-order valence-corrected chi connectivity index (χ4v) is 1.80. The number of phenolic OH excluding ortho intramolecular Hbond substituents is 3. The summed E-state index contributed by atoms with van der Waals surface area (Å²) < 4.78 is 0. The minimum absolute atomic E-state index is 0.174. The summed E-state index contributed by atoms with van der Waals surface area (Å²) in [6.45, 7) is 0.951. The van der Waals surface area contributed by atoms with Crippen LogP contribution in [0.3, 0.4) is 0 Å². The zero-order chi connectivity index (χ0) is 10.1. The molecule has 0 amide bonds. The average molecular weight is 195 g/mol. The van der Waals surface area contributed by atoms with E-state index < -0.39 is 5.75 Å². The molecule has 4 nitrogen and oxygen atoms in total. The molecule has 76 valence electrons. The van der Waals surface area contributed by atoms with Gasteiger partial charge in [-0.05, 0) is 37.1 Å². The van der Waals surface area contributed by atoms with Crippen molar-refractivity contribution in [2.24, 2.45) is 0 Å². The van der Waals surface area contributed by atoms with E-state index in [-0.39, 0.29) is 17.5 Å². The van der Waals surface area contributed by atoms with Crippen molar-refractivity contribution in [1.29, 1.82) is 0 Å². The van der Waals surface area contributed by atoms with Gasteiger partial charge in [-0.25, -0.2) is 0 Å². The molecule has 1 aromatic rings. The molecular weight excluding hydrogens is 182 g/mol. The summed E-state index contributed by atoms with van der Waals surface area (Å²) in [4.78, 5) is 0. The van der Waals surface area contributed by atoms with Crippen molar-refractivity contribution >= 4 is 0 Å². The van der Waals surface area contributed by atoms with Crippen LogP contribution in [0.2, 0.25) is 0 Å². The summed E-state index contributed by atoms with van der Waals surface area (Å²) in [6, 6.07) is 3.14. The molecule has 2 rings (SSSR count). The highest BCUT2D eigenvalue weighted by molar-refractivity contribution is 5.51. The van der Waals surface area contributed by atoms with Crippen molar-refractivity contribution in [3.05, 3.63) is 17.7 Å². The second-order valence-corrected chi connectivity index (χ2v) is 3.56. The van der Waals surface area contributed by atoms with E-state index in [0.717, 1.165) is 24.9 Å². The highest BCUT2D eigenvalue weighted by atomic mass is 16.3. The van der Waals surface area contributed by atoms with Crippen LogP contribution in [0.4, 0.5) is 0 Å². The Morgan fingerprint density at radius 1 is 1.14 bits per heavy atom. The summed E-state index contributed by atoms with van der Waals surface area (Å²) in [5.41, 5.74) is 0.815.